The Morgan fingerprint density at radius 1 is 1.07 bits per heavy atom. The van der Waals surface area contributed by atoms with Crippen LogP contribution in [0, 0.1) is 10.1 Å². The highest BCUT2D eigenvalue weighted by molar-refractivity contribution is 5.72. The van der Waals surface area contributed by atoms with Gasteiger partial charge in [0.2, 0.25) is 0 Å². The summed E-state index contributed by atoms with van der Waals surface area (Å²) in [5, 5.41) is 10.8. The summed E-state index contributed by atoms with van der Waals surface area (Å²) in [6.07, 6.45) is 6.67. The van der Waals surface area contributed by atoms with Crippen LogP contribution in [0.4, 0.5) is 5.69 Å². The van der Waals surface area contributed by atoms with Gasteiger partial charge in [-0.1, -0.05) is 23.8 Å². The Bertz CT molecular complexity index is 865. The summed E-state index contributed by atoms with van der Waals surface area (Å²) in [7, 11) is 3.17. The van der Waals surface area contributed by atoms with E-state index in [0.29, 0.717) is 17.9 Å². The van der Waals surface area contributed by atoms with Gasteiger partial charge in [0.15, 0.2) is 18.3 Å². The molecule has 0 saturated heterocycles. The summed E-state index contributed by atoms with van der Waals surface area (Å²) >= 11 is 0. The van der Waals surface area contributed by atoms with E-state index in [4.69, 9.17) is 14.2 Å². The Kier molecular flexibility index (Phi) is 7.77. The maximum absolute atomic E-state index is 10.8. The van der Waals surface area contributed by atoms with E-state index < -0.39 is 4.92 Å². The quantitative estimate of drug-likeness (QED) is 0.194. The second-order valence-corrected chi connectivity index (χ2v) is 6.43. The van der Waals surface area contributed by atoms with Gasteiger partial charge in [0.1, 0.15) is 0 Å². The van der Waals surface area contributed by atoms with Gasteiger partial charge in [0.05, 0.1) is 12.0 Å². The average molecular weight is 383 g/mol. The van der Waals surface area contributed by atoms with E-state index in [1.807, 2.05) is 38.1 Å². The van der Waals surface area contributed by atoms with Gasteiger partial charge in [-0.05, 0) is 55.7 Å². The van der Waals surface area contributed by atoms with Crippen LogP contribution in [0.3, 0.4) is 0 Å². The number of nitro benzene ring substituents is 1. The third-order valence-corrected chi connectivity index (χ3v) is 4.00. The van der Waals surface area contributed by atoms with Gasteiger partial charge in [0, 0.05) is 24.8 Å². The van der Waals surface area contributed by atoms with Gasteiger partial charge in [0.25, 0.3) is 5.69 Å². The predicted octanol–water partition coefficient (Wildman–Crippen LogP) is 5.27. The number of ether oxygens (including phenoxy) is 3. The minimum Gasteiger partial charge on any atom is -0.493 e. The molecule has 0 saturated carbocycles. The lowest BCUT2D eigenvalue weighted by atomic mass is 10.0. The third kappa shape index (κ3) is 5.96. The molecule has 0 bridgehead atoms. The van der Waals surface area contributed by atoms with Crippen molar-refractivity contribution in [3.8, 4) is 11.5 Å². The summed E-state index contributed by atoms with van der Waals surface area (Å²) in [5.74, 6) is 1.29. The fraction of sp³-hybridized carbons (Fsp3) is 0.273. The van der Waals surface area contributed by atoms with Crippen molar-refractivity contribution < 1.29 is 19.1 Å². The molecule has 6 heteroatoms. The maximum atomic E-state index is 10.8. The molecule has 0 aliphatic rings. The standard InChI is InChI=1S/C22H25NO5/c1-16(2)5-10-19-13-18(14-21(27-4)22(19)28-15-26-3)7-6-17-8-11-20(12-9-17)23(24)25/h5-9,11-14H,10,15H2,1-4H3. The molecule has 2 aromatic carbocycles. The van der Waals surface area contributed by atoms with Crippen molar-refractivity contribution in [2.24, 2.45) is 0 Å². The topological polar surface area (TPSA) is 70.8 Å². The SMILES string of the molecule is COCOc1c(CC=C(C)C)cc(C=Cc2ccc([N+](=O)[O-])cc2)cc1OC. The van der Waals surface area contributed by atoms with Gasteiger partial charge in [-0.3, -0.25) is 10.1 Å². The molecule has 0 fully saturated rings. The van der Waals surface area contributed by atoms with Crippen LogP contribution in [0.5, 0.6) is 11.5 Å². The van der Waals surface area contributed by atoms with E-state index in [0.717, 1.165) is 16.7 Å². The molecule has 0 amide bonds. The number of nitro groups is 1. The Labute approximate surface area is 165 Å². The van der Waals surface area contributed by atoms with Crippen LogP contribution in [-0.4, -0.2) is 25.9 Å². The van der Waals surface area contributed by atoms with Crippen LogP contribution >= 0.6 is 0 Å². The zero-order valence-electron chi connectivity index (χ0n) is 16.6. The summed E-state index contributed by atoms with van der Waals surface area (Å²) in [6.45, 7) is 4.23. The van der Waals surface area contributed by atoms with E-state index in [1.54, 1.807) is 26.4 Å². The molecule has 0 radical (unpaired) electrons. The van der Waals surface area contributed by atoms with Crippen molar-refractivity contribution in [3.05, 3.63) is 74.9 Å². The van der Waals surface area contributed by atoms with Crippen molar-refractivity contribution in [3.63, 3.8) is 0 Å². The Balaban J connectivity index is 2.35. The summed E-state index contributed by atoms with van der Waals surface area (Å²) in [5.41, 5.74) is 4.08. The molecule has 0 aromatic heterocycles. The molecule has 2 aromatic rings. The molecule has 148 valence electrons. The number of non-ortho nitro benzene ring substituents is 1. The third-order valence-electron chi connectivity index (χ3n) is 4.00. The van der Waals surface area contributed by atoms with E-state index in [2.05, 4.69) is 6.08 Å². The first-order valence-electron chi connectivity index (χ1n) is 8.83. The van der Waals surface area contributed by atoms with Crippen LogP contribution in [0.2, 0.25) is 0 Å². The fourth-order valence-corrected chi connectivity index (χ4v) is 2.58. The lowest BCUT2D eigenvalue weighted by Gasteiger charge is -2.15. The highest BCUT2D eigenvalue weighted by Crippen LogP contribution is 2.34. The van der Waals surface area contributed by atoms with Crippen molar-refractivity contribution in [1.29, 1.82) is 0 Å². The molecule has 28 heavy (non-hydrogen) atoms. The highest BCUT2D eigenvalue weighted by atomic mass is 16.7. The van der Waals surface area contributed by atoms with E-state index in [1.165, 1.54) is 17.7 Å². The molecule has 0 spiro atoms. The van der Waals surface area contributed by atoms with Crippen molar-refractivity contribution in [2.45, 2.75) is 20.3 Å². The number of benzene rings is 2. The van der Waals surface area contributed by atoms with E-state index >= 15 is 0 Å². The maximum Gasteiger partial charge on any atom is 0.269 e. The zero-order valence-corrected chi connectivity index (χ0v) is 16.6. The normalized spacial score (nSPS) is 10.7. The lowest BCUT2D eigenvalue weighted by molar-refractivity contribution is -0.384. The van der Waals surface area contributed by atoms with Crippen molar-refractivity contribution in [1.82, 2.24) is 0 Å². The first-order valence-corrected chi connectivity index (χ1v) is 8.83. The van der Waals surface area contributed by atoms with Crippen molar-refractivity contribution >= 4 is 17.8 Å². The fourth-order valence-electron chi connectivity index (χ4n) is 2.58. The van der Waals surface area contributed by atoms with Crippen molar-refractivity contribution in [2.75, 3.05) is 21.0 Å². The van der Waals surface area contributed by atoms with Crippen LogP contribution < -0.4 is 9.47 Å². The number of nitrogens with zero attached hydrogens (tertiary/aromatic N) is 1. The predicted molar refractivity (Wildman–Crippen MR) is 111 cm³/mol. The van der Waals surface area contributed by atoms with Crippen LogP contribution in [0.15, 0.2) is 48.0 Å². The molecule has 0 N–H and O–H groups in total. The minimum atomic E-state index is -0.410. The summed E-state index contributed by atoms with van der Waals surface area (Å²) in [4.78, 5) is 10.4. The first-order chi connectivity index (χ1) is 13.4. The molecular formula is C22H25NO5. The van der Waals surface area contributed by atoms with Gasteiger partial charge < -0.3 is 14.2 Å². The lowest BCUT2D eigenvalue weighted by Crippen LogP contribution is -2.04. The monoisotopic (exact) mass is 383 g/mol. The van der Waals surface area contributed by atoms with Gasteiger partial charge in [-0.15, -0.1) is 0 Å². The van der Waals surface area contributed by atoms with Crippen LogP contribution in [0.25, 0.3) is 12.2 Å². The summed E-state index contributed by atoms with van der Waals surface area (Å²) in [6, 6.07) is 10.3. The van der Waals surface area contributed by atoms with Gasteiger partial charge in [-0.25, -0.2) is 0 Å². The first kappa shape index (κ1) is 21.2. The second kappa shape index (κ2) is 10.3. The smallest absolute Gasteiger partial charge is 0.269 e. The molecular weight excluding hydrogens is 358 g/mol. The largest absolute Gasteiger partial charge is 0.493 e. The number of allylic oxidation sites excluding steroid dienone is 2. The van der Waals surface area contributed by atoms with E-state index in [9.17, 15) is 10.1 Å². The Hall–Kier alpha value is -3.12. The highest BCUT2D eigenvalue weighted by Gasteiger charge is 2.12. The minimum absolute atomic E-state index is 0.0717. The summed E-state index contributed by atoms with van der Waals surface area (Å²) < 4.78 is 16.3. The Morgan fingerprint density at radius 2 is 1.75 bits per heavy atom. The second-order valence-electron chi connectivity index (χ2n) is 6.43. The molecule has 0 aliphatic heterocycles. The van der Waals surface area contributed by atoms with Gasteiger partial charge >= 0.3 is 0 Å². The molecule has 2 rings (SSSR count). The molecule has 0 aliphatic carbocycles. The Morgan fingerprint density at radius 3 is 2.32 bits per heavy atom. The van der Waals surface area contributed by atoms with E-state index in [-0.39, 0.29) is 12.5 Å². The molecule has 0 unspecified atom stereocenters. The number of hydrogen-bond acceptors (Lipinski definition) is 5. The molecule has 0 atom stereocenters. The van der Waals surface area contributed by atoms with Crippen LogP contribution in [-0.2, 0) is 11.2 Å². The number of methoxy groups -OCH3 is 2. The molecule has 6 nitrogen and oxygen atoms in total. The van der Waals surface area contributed by atoms with Crippen LogP contribution in [0.1, 0.15) is 30.5 Å². The zero-order chi connectivity index (χ0) is 20.5. The average Bonchev–Trinajstić information content (AvgIpc) is 2.69. The molecule has 0 heterocycles. The number of hydrogen-bond donors (Lipinski definition) is 0. The van der Waals surface area contributed by atoms with Gasteiger partial charge in [-0.2, -0.15) is 0 Å². The number of rotatable bonds is 9.